The average molecular weight is 366 g/mol. The van der Waals surface area contributed by atoms with Crippen molar-refractivity contribution in [2.45, 2.75) is 25.8 Å². The third-order valence-electron chi connectivity index (χ3n) is 4.91. The molecule has 134 valence electrons. The Labute approximate surface area is 157 Å². The van der Waals surface area contributed by atoms with E-state index >= 15 is 0 Å². The number of carbonyl (C=O) groups is 1. The van der Waals surface area contributed by atoms with Gasteiger partial charge >= 0.3 is 0 Å². The Morgan fingerprint density at radius 3 is 2.62 bits per heavy atom. The van der Waals surface area contributed by atoms with E-state index in [-0.39, 0.29) is 18.0 Å². The number of amidine groups is 1. The molecule has 1 fully saturated rings. The van der Waals surface area contributed by atoms with Crippen LogP contribution >= 0.6 is 11.8 Å². The van der Waals surface area contributed by atoms with E-state index in [0.717, 1.165) is 22.2 Å². The number of para-hydroxylation sites is 1. The number of hydrogen-bond donors (Lipinski definition) is 2. The van der Waals surface area contributed by atoms with Crippen LogP contribution in [0, 0.1) is 19.8 Å². The number of rotatable bonds is 3. The number of benzene rings is 2. The standard InChI is InChI=1S/C20H22N4OS/c1-13-7-3-5-9-15(13)12-26-20-22-18-16(11-21-23-18)19(25)24(20)17-10-6-4-8-14(17)2/h3-10,16,18,21,23H,11-12H2,1-2H3. The van der Waals surface area contributed by atoms with Gasteiger partial charge in [-0.2, -0.15) is 0 Å². The summed E-state index contributed by atoms with van der Waals surface area (Å²) in [6, 6.07) is 16.3. The second-order valence-corrected chi connectivity index (χ2v) is 7.61. The smallest absolute Gasteiger partial charge is 0.241 e. The molecule has 2 aliphatic heterocycles. The lowest BCUT2D eigenvalue weighted by Crippen LogP contribution is -2.49. The van der Waals surface area contributed by atoms with E-state index in [4.69, 9.17) is 4.99 Å². The highest BCUT2D eigenvalue weighted by atomic mass is 32.2. The van der Waals surface area contributed by atoms with Crippen LogP contribution in [0.4, 0.5) is 5.69 Å². The van der Waals surface area contributed by atoms with Crippen molar-refractivity contribution < 1.29 is 4.79 Å². The van der Waals surface area contributed by atoms with E-state index in [1.165, 1.54) is 11.1 Å². The number of nitrogens with zero attached hydrogens (tertiary/aromatic N) is 2. The molecular formula is C20H22N4OS. The quantitative estimate of drug-likeness (QED) is 0.877. The molecule has 0 aliphatic carbocycles. The molecule has 1 amide bonds. The molecule has 0 aromatic heterocycles. The summed E-state index contributed by atoms with van der Waals surface area (Å²) in [6.45, 7) is 4.75. The van der Waals surface area contributed by atoms with Crippen molar-refractivity contribution in [2.24, 2.45) is 10.9 Å². The normalized spacial score (nSPS) is 22.3. The van der Waals surface area contributed by atoms with E-state index in [1.54, 1.807) is 16.7 Å². The molecule has 0 bridgehead atoms. The summed E-state index contributed by atoms with van der Waals surface area (Å²) in [4.78, 5) is 19.8. The van der Waals surface area contributed by atoms with Gasteiger partial charge in [-0.15, -0.1) is 0 Å². The van der Waals surface area contributed by atoms with Gasteiger partial charge in [0, 0.05) is 12.3 Å². The Morgan fingerprint density at radius 1 is 1.12 bits per heavy atom. The summed E-state index contributed by atoms with van der Waals surface area (Å²) >= 11 is 1.62. The zero-order valence-electron chi connectivity index (χ0n) is 14.9. The lowest BCUT2D eigenvalue weighted by molar-refractivity contribution is -0.121. The number of anilines is 1. The molecule has 6 heteroatoms. The summed E-state index contributed by atoms with van der Waals surface area (Å²) in [6.07, 6.45) is -0.192. The van der Waals surface area contributed by atoms with E-state index in [9.17, 15) is 4.79 Å². The number of nitrogens with one attached hydrogen (secondary N) is 2. The molecule has 2 unspecified atom stereocenters. The van der Waals surface area contributed by atoms with Gasteiger partial charge in [-0.25, -0.2) is 10.4 Å². The average Bonchev–Trinajstić information content (AvgIpc) is 3.11. The van der Waals surface area contributed by atoms with Crippen LogP contribution in [0.15, 0.2) is 53.5 Å². The van der Waals surface area contributed by atoms with Crippen LogP contribution in [0.25, 0.3) is 0 Å². The first-order valence-electron chi connectivity index (χ1n) is 8.78. The number of hydrazine groups is 1. The zero-order valence-corrected chi connectivity index (χ0v) is 15.7. The fourth-order valence-electron chi connectivity index (χ4n) is 3.32. The van der Waals surface area contributed by atoms with Gasteiger partial charge in [0.2, 0.25) is 5.91 Å². The van der Waals surface area contributed by atoms with Crippen molar-refractivity contribution in [1.29, 1.82) is 0 Å². The lowest BCUT2D eigenvalue weighted by atomic mass is 10.0. The number of fused-ring (bicyclic) bond motifs is 1. The maximum atomic E-state index is 13.2. The summed E-state index contributed by atoms with van der Waals surface area (Å²) in [5.74, 6) is 0.716. The van der Waals surface area contributed by atoms with Crippen molar-refractivity contribution in [2.75, 3.05) is 11.4 Å². The maximum Gasteiger partial charge on any atom is 0.241 e. The van der Waals surface area contributed by atoms with Crippen LogP contribution < -0.4 is 15.8 Å². The zero-order chi connectivity index (χ0) is 18.1. The number of thioether (sulfide) groups is 1. The molecular weight excluding hydrogens is 344 g/mol. The van der Waals surface area contributed by atoms with Crippen molar-refractivity contribution in [3.05, 3.63) is 65.2 Å². The monoisotopic (exact) mass is 366 g/mol. The van der Waals surface area contributed by atoms with E-state index in [1.807, 2.05) is 43.3 Å². The molecule has 4 rings (SSSR count). The lowest BCUT2D eigenvalue weighted by Gasteiger charge is -2.33. The van der Waals surface area contributed by atoms with Gasteiger partial charge in [0.1, 0.15) is 6.17 Å². The molecule has 2 N–H and O–H groups in total. The SMILES string of the molecule is Cc1ccccc1CSC1=NC2NNCC2C(=O)N1c1ccccc1C. The van der Waals surface area contributed by atoms with Crippen molar-refractivity contribution >= 4 is 28.5 Å². The van der Waals surface area contributed by atoms with Crippen LogP contribution in [0.2, 0.25) is 0 Å². The highest BCUT2D eigenvalue weighted by molar-refractivity contribution is 8.13. The molecule has 0 radical (unpaired) electrons. The minimum atomic E-state index is -0.192. The van der Waals surface area contributed by atoms with Gasteiger partial charge in [-0.1, -0.05) is 54.2 Å². The first-order chi connectivity index (χ1) is 12.6. The van der Waals surface area contributed by atoms with Gasteiger partial charge in [0.25, 0.3) is 0 Å². The Balaban J connectivity index is 1.67. The summed E-state index contributed by atoms with van der Waals surface area (Å²) in [7, 11) is 0. The number of amides is 1. The third-order valence-corrected chi connectivity index (χ3v) is 5.91. The highest BCUT2D eigenvalue weighted by Crippen LogP contribution is 2.32. The predicted molar refractivity (Wildman–Crippen MR) is 107 cm³/mol. The Morgan fingerprint density at radius 2 is 1.85 bits per heavy atom. The highest BCUT2D eigenvalue weighted by Gasteiger charge is 2.42. The number of aryl methyl sites for hydroxylation is 2. The molecule has 2 aliphatic rings. The van der Waals surface area contributed by atoms with Gasteiger partial charge in [0.15, 0.2) is 5.17 Å². The predicted octanol–water partition coefficient (Wildman–Crippen LogP) is 2.99. The van der Waals surface area contributed by atoms with Gasteiger partial charge in [-0.3, -0.25) is 15.1 Å². The summed E-state index contributed by atoms with van der Waals surface area (Å²) in [5.41, 5.74) is 10.7. The van der Waals surface area contributed by atoms with Crippen molar-refractivity contribution in [3.63, 3.8) is 0 Å². The third kappa shape index (κ3) is 3.16. The number of aliphatic imine (C=N–C) groups is 1. The number of hydrogen-bond acceptors (Lipinski definition) is 5. The fourth-order valence-corrected chi connectivity index (χ4v) is 4.43. The number of carbonyl (C=O) groups excluding carboxylic acids is 1. The molecule has 1 saturated heterocycles. The van der Waals surface area contributed by atoms with Gasteiger partial charge < -0.3 is 0 Å². The molecule has 5 nitrogen and oxygen atoms in total. The van der Waals surface area contributed by atoms with Crippen molar-refractivity contribution in [3.8, 4) is 0 Å². The van der Waals surface area contributed by atoms with Gasteiger partial charge in [-0.05, 0) is 36.6 Å². The Bertz CT molecular complexity index is 866. The minimum Gasteiger partial charge on any atom is -0.274 e. The molecule has 2 heterocycles. The van der Waals surface area contributed by atoms with Crippen LogP contribution in [-0.4, -0.2) is 23.8 Å². The van der Waals surface area contributed by atoms with E-state index in [2.05, 4.69) is 29.9 Å². The Hall–Kier alpha value is -2.15. The molecule has 0 spiro atoms. The second-order valence-electron chi connectivity index (χ2n) is 6.66. The van der Waals surface area contributed by atoms with Gasteiger partial charge in [0.05, 0.1) is 11.6 Å². The van der Waals surface area contributed by atoms with Crippen LogP contribution in [0.1, 0.15) is 16.7 Å². The van der Waals surface area contributed by atoms with Crippen LogP contribution in [-0.2, 0) is 10.5 Å². The molecule has 2 atom stereocenters. The molecule has 2 aromatic rings. The van der Waals surface area contributed by atoms with Crippen LogP contribution in [0.5, 0.6) is 0 Å². The second kappa shape index (κ2) is 7.23. The molecule has 26 heavy (non-hydrogen) atoms. The molecule has 0 saturated carbocycles. The maximum absolute atomic E-state index is 13.2. The largest absolute Gasteiger partial charge is 0.274 e. The topological polar surface area (TPSA) is 56.7 Å². The van der Waals surface area contributed by atoms with E-state index in [0.29, 0.717) is 6.54 Å². The van der Waals surface area contributed by atoms with E-state index < -0.39 is 0 Å². The molecule has 2 aromatic carbocycles. The first-order valence-corrected chi connectivity index (χ1v) is 9.77. The van der Waals surface area contributed by atoms with Crippen LogP contribution in [0.3, 0.4) is 0 Å². The fraction of sp³-hybridized carbons (Fsp3) is 0.300. The summed E-state index contributed by atoms with van der Waals surface area (Å²) < 4.78 is 0. The Kier molecular flexibility index (Phi) is 4.80. The summed E-state index contributed by atoms with van der Waals surface area (Å²) in [5, 5.41) is 0.755. The minimum absolute atomic E-state index is 0.101. The van der Waals surface area contributed by atoms with Crippen molar-refractivity contribution in [1.82, 2.24) is 10.9 Å². The first kappa shape index (κ1) is 17.3.